The van der Waals surface area contributed by atoms with E-state index < -0.39 is 0 Å². The van der Waals surface area contributed by atoms with Crippen molar-refractivity contribution in [3.8, 4) is 0 Å². The molecule has 4 atom stereocenters. The van der Waals surface area contributed by atoms with E-state index in [0.717, 1.165) is 25.4 Å². The molecule has 0 bridgehead atoms. The number of amides is 1. The van der Waals surface area contributed by atoms with Gasteiger partial charge in [0, 0.05) is 19.5 Å². The molecule has 0 radical (unpaired) electrons. The van der Waals surface area contributed by atoms with Gasteiger partial charge in [0.2, 0.25) is 5.91 Å². The summed E-state index contributed by atoms with van der Waals surface area (Å²) < 4.78 is 0. The van der Waals surface area contributed by atoms with Crippen LogP contribution >= 0.6 is 0 Å². The standard InChI is InChI=1S/C17H32N2O/c1-13-6-4-8-16(10-13)19(3)17(20)11-14(2)15-7-5-9-18-12-15/h13-16,18H,4-12H2,1-3H3. The van der Waals surface area contributed by atoms with Crippen LogP contribution in [0.4, 0.5) is 0 Å². The number of nitrogens with one attached hydrogen (secondary N) is 1. The van der Waals surface area contributed by atoms with Crippen molar-refractivity contribution in [2.75, 3.05) is 20.1 Å². The van der Waals surface area contributed by atoms with Crippen LogP contribution in [0.25, 0.3) is 0 Å². The predicted molar refractivity (Wildman–Crippen MR) is 83.6 cm³/mol. The highest BCUT2D eigenvalue weighted by Crippen LogP contribution is 2.28. The van der Waals surface area contributed by atoms with Gasteiger partial charge in [-0.1, -0.05) is 26.7 Å². The van der Waals surface area contributed by atoms with E-state index in [-0.39, 0.29) is 0 Å². The van der Waals surface area contributed by atoms with Gasteiger partial charge in [-0.3, -0.25) is 4.79 Å². The van der Waals surface area contributed by atoms with Gasteiger partial charge < -0.3 is 10.2 Å². The van der Waals surface area contributed by atoms with Gasteiger partial charge in [0.25, 0.3) is 0 Å². The van der Waals surface area contributed by atoms with Gasteiger partial charge in [0.1, 0.15) is 0 Å². The normalized spacial score (nSPS) is 32.6. The van der Waals surface area contributed by atoms with Crippen LogP contribution in [0.3, 0.4) is 0 Å². The lowest BCUT2D eigenvalue weighted by atomic mass is 9.84. The minimum absolute atomic E-state index is 0.363. The monoisotopic (exact) mass is 280 g/mol. The zero-order chi connectivity index (χ0) is 14.5. The number of rotatable bonds is 4. The SMILES string of the molecule is CC1CCCC(N(C)C(=O)CC(C)C2CCCNC2)C1. The number of hydrogen-bond donors (Lipinski definition) is 1. The summed E-state index contributed by atoms with van der Waals surface area (Å²) in [6, 6.07) is 0.489. The molecule has 2 aliphatic rings. The average molecular weight is 280 g/mol. The predicted octanol–water partition coefficient (Wildman–Crippen LogP) is 3.05. The van der Waals surface area contributed by atoms with E-state index in [1.54, 1.807) is 0 Å². The minimum Gasteiger partial charge on any atom is -0.343 e. The molecule has 1 heterocycles. The zero-order valence-electron chi connectivity index (χ0n) is 13.5. The Labute approximate surface area is 124 Å². The van der Waals surface area contributed by atoms with Crippen LogP contribution in [-0.2, 0) is 4.79 Å². The Morgan fingerprint density at radius 1 is 1.30 bits per heavy atom. The van der Waals surface area contributed by atoms with Crippen LogP contribution < -0.4 is 5.32 Å². The zero-order valence-corrected chi connectivity index (χ0v) is 13.5. The van der Waals surface area contributed by atoms with Crippen molar-refractivity contribution in [3.05, 3.63) is 0 Å². The van der Waals surface area contributed by atoms with Crippen molar-refractivity contribution in [2.24, 2.45) is 17.8 Å². The fourth-order valence-electron chi connectivity index (χ4n) is 3.91. The van der Waals surface area contributed by atoms with E-state index in [4.69, 9.17) is 0 Å². The summed E-state index contributed by atoms with van der Waals surface area (Å²) in [4.78, 5) is 14.6. The topological polar surface area (TPSA) is 32.3 Å². The molecule has 20 heavy (non-hydrogen) atoms. The molecule has 0 spiro atoms. The van der Waals surface area contributed by atoms with Crippen molar-refractivity contribution in [2.45, 2.75) is 64.8 Å². The number of carbonyl (C=O) groups is 1. The molecule has 3 nitrogen and oxygen atoms in total. The Morgan fingerprint density at radius 2 is 2.10 bits per heavy atom. The van der Waals surface area contributed by atoms with Crippen molar-refractivity contribution < 1.29 is 4.79 Å². The molecular formula is C17H32N2O. The summed E-state index contributed by atoms with van der Waals surface area (Å²) in [7, 11) is 2.02. The van der Waals surface area contributed by atoms with Crippen LogP contribution in [0, 0.1) is 17.8 Å². The molecule has 1 amide bonds. The largest absolute Gasteiger partial charge is 0.343 e. The van der Waals surface area contributed by atoms with E-state index >= 15 is 0 Å². The molecule has 2 rings (SSSR count). The molecule has 3 heteroatoms. The first-order chi connectivity index (χ1) is 9.58. The summed E-state index contributed by atoms with van der Waals surface area (Å²) in [5, 5.41) is 3.46. The van der Waals surface area contributed by atoms with Crippen LogP contribution in [0.2, 0.25) is 0 Å². The second-order valence-corrected chi connectivity index (χ2v) is 7.22. The fourth-order valence-corrected chi connectivity index (χ4v) is 3.91. The number of carbonyl (C=O) groups excluding carboxylic acids is 1. The lowest BCUT2D eigenvalue weighted by Gasteiger charge is -2.35. The maximum absolute atomic E-state index is 12.5. The second-order valence-electron chi connectivity index (χ2n) is 7.22. The highest BCUT2D eigenvalue weighted by atomic mass is 16.2. The summed E-state index contributed by atoms with van der Waals surface area (Å²) in [6.45, 7) is 6.82. The molecule has 1 N–H and O–H groups in total. The van der Waals surface area contributed by atoms with Crippen LogP contribution in [0.15, 0.2) is 0 Å². The first-order valence-electron chi connectivity index (χ1n) is 8.54. The highest BCUT2D eigenvalue weighted by Gasteiger charge is 2.28. The molecule has 116 valence electrons. The maximum atomic E-state index is 12.5. The van der Waals surface area contributed by atoms with Gasteiger partial charge in [-0.15, -0.1) is 0 Å². The molecule has 0 aromatic carbocycles. The summed E-state index contributed by atoms with van der Waals surface area (Å²) >= 11 is 0. The maximum Gasteiger partial charge on any atom is 0.222 e. The van der Waals surface area contributed by atoms with Crippen molar-refractivity contribution in [1.82, 2.24) is 10.2 Å². The lowest BCUT2D eigenvalue weighted by molar-refractivity contribution is -0.134. The molecule has 1 aliphatic carbocycles. The fraction of sp³-hybridized carbons (Fsp3) is 0.941. The van der Waals surface area contributed by atoms with Gasteiger partial charge in [0.15, 0.2) is 0 Å². The Morgan fingerprint density at radius 3 is 2.75 bits per heavy atom. The van der Waals surface area contributed by atoms with E-state index in [9.17, 15) is 4.79 Å². The quantitative estimate of drug-likeness (QED) is 0.858. The van der Waals surface area contributed by atoms with Crippen LogP contribution in [-0.4, -0.2) is 37.0 Å². The number of piperidine rings is 1. The number of nitrogens with zero attached hydrogens (tertiary/aromatic N) is 1. The summed E-state index contributed by atoms with van der Waals surface area (Å²) in [5.74, 6) is 2.34. The number of hydrogen-bond acceptors (Lipinski definition) is 2. The molecule has 0 aromatic heterocycles. The van der Waals surface area contributed by atoms with Gasteiger partial charge in [-0.25, -0.2) is 0 Å². The first-order valence-corrected chi connectivity index (χ1v) is 8.54. The van der Waals surface area contributed by atoms with Gasteiger partial charge in [-0.2, -0.15) is 0 Å². The molecule has 0 aromatic rings. The minimum atomic E-state index is 0.363. The van der Waals surface area contributed by atoms with Crippen molar-refractivity contribution in [1.29, 1.82) is 0 Å². The first kappa shape index (κ1) is 15.8. The van der Waals surface area contributed by atoms with Gasteiger partial charge >= 0.3 is 0 Å². The molecule has 1 saturated carbocycles. The van der Waals surface area contributed by atoms with Crippen LogP contribution in [0.5, 0.6) is 0 Å². The van der Waals surface area contributed by atoms with Gasteiger partial charge in [0.05, 0.1) is 0 Å². The Balaban J connectivity index is 1.80. The van der Waals surface area contributed by atoms with Crippen molar-refractivity contribution >= 4 is 5.91 Å². The van der Waals surface area contributed by atoms with E-state index in [2.05, 4.69) is 24.1 Å². The Bertz CT molecular complexity index is 312. The lowest BCUT2D eigenvalue weighted by Crippen LogP contribution is -2.41. The van der Waals surface area contributed by atoms with Crippen LogP contribution in [0.1, 0.15) is 58.8 Å². The van der Waals surface area contributed by atoms with Crippen molar-refractivity contribution in [3.63, 3.8) is 0 Å². The van der Waals surface area contributed by atoms with E-state index in [0.29, 0.717) is 23.8 Å². The second kappa shape index (κ2) is 7.44. The molecule has 2 fully saturated rings. The third-order valence-corrected chi connectivity index (χ3v) is 5.49. The molecule has 4 unspecified atom stereocenters. The third kappa shape index (κ3) is 4.21. The average Bonchev–Trinajstić information content (AvgIpc) is 2.47. The third-order valence-electron chi connectivity index (χ3n) is 5.49. The smallest absolute Gasteiger partial charge is 0.222 e. The van der Waals surface area contributed by atoms with E-state index in [1.165, 1.54) is 38.5 Å². The highest BCUT2D eigenvalue weighted by molar-refractivity contribution is 5.76. The molecular weight excluding hydrogens is 248 g/mol. The molecule has 1 aliphatic heterocycles. The Hall–Kier alpha value is -0.570. The Kier molecular flexibility index (Phi) is 5.88. The van der Waals surface area contributed by atoms with E-state index in [1.807, 2.05) is 7.05 Å². The molecule has 1 saturated heterocycles. The van der Waals surface area contributed by atoms with Gasteiger partial charge in [-0.05, 0) is 56.5 Å². The summed E-state index contributed by atoms with van der Waals surface area (Å²) in [6.07, 6.45) is 8.29. The summed E-state index contributed by atoms with van der Waals surface area (Å²) in [5.41, 5.74) is 0.